The number of alkyl halides is 2. The molecule has 1 saturated heterocycles. The van der Waals surface area contributed by atoms with Gasteiger partial charge in [0.25, 0.3) is 5.91 Å². The van der Waals surface area contributed by atoms with Gasteiger partial charge in [0, 0.05) is 18.5 Å². The molecule has 0 aromatic rings. The van der Waals surface area contributed by atoms with Gasteiger partial charge in [-0.05, 0) is 50.4 Å². The van der Waals surface area contributed by atoms with Crippen LogP contribution in [0.1, 0.15) is 93.4 Å². The number of nitrogens with zero attached hydrogens (tertiary/aromatic N) is 1. The fourth-order valence-electron chi connectivity index (χ4n) is 5.81. The van der Waals surface area contributed by atoms with Crippen LogP contribution in [-0.4, -0.2) is 70.6 Å². The van der Waals surface area contributed by atoms with Crippen LogP contribution in [0.3, 0.4) is 0 Å². The Labute approximate surface area is 235 Å². The molecule has 228 valence electrons. The molecule has 4 atom stereocenters. The van der Waals surface area contributed by atoms with Gasteiger partial charge in [-0.1, -0.05) is 53.9 Å². The van der Waals surface area contributed by atoms with Gasteiger partial charge in [-0.2, -0.15) is 0 Å². The summed E-state index contributed by atoms with van der Waals surface area (Å²) in [5.74, 6) is -7.86. The molecule has 0 aromatic carbocycles. The SMILES string of the molecule is CC(C)C1CCN(C(=O)C(NC(=O)NC2(C)CCCCC2)C(C)(C)C)[C@@H]1C(=O)NC(CC(C)(F)F)C(=O)C(N)=O. The van der Waals surface area contributed by atoms with Crippen molar-refractivity contribution in [3.63, 3.8) is 0 Å². The normalized spacial score (nSPS) is 22.8. The summed E-state index contributed by atoms with van der Waals surface area (Å²) in [5.41, 5.74) is 3.94. The van der Waals surface area contributed by atoms with Crippen molar-refractivity contribution in [2.45, 2.75) is 123 Å². The molecule has 0 spiro atoms. The summed E-state index contributed by atoms with van der Waals surface area (Å²) in [7, 11) is 0. The Hall–Kier alpha value is -2.79. The highest BCUT2D eigenvalue weighted by Gasteiger charge is 2.48. The Bertz CT molecular complexity index is 969. The van der Waals surface area contributed by atoms with Crippen LogP contribution in [0.15, 0.2) is 0 Å². The maximum Gasteiger partial charge on any atom is 0.315 e. The second-order valence-electron chi connectivity index (χ2n) is 13.3. The number of halogens is 2. The molecule has 1 aliphatic carbocycles. The average Bonchev–Trinajstić information content (AvgIpc) is 3.25. The third-order valence-electron chi connectivity index (χ3n) is 8.05. The lowest BCUT2D eigenvalue weighted by Crippen LogP contribution is -2.62. The summed E-state index contributed by atoms with van der Waals surface area (Å²) in [4.78, 5) is 65.8. The predicted octanol–water partition coefficient (Wildman–Crippen LogP) is 2.88. The van der Waals surface area contributed by atoms with Gasteiger partial charge >= 0.3 is 6.03 Å². The van der Waals surface area contributed by atoms with Crippen molar-refractivity contribution in [3.05, 3.63) is 0 Å². The zero-order valence-electron chi connectivity index (χ0n) is 24.9. The van der Waals surface area contributed by atoms with E-state index in [2.05, 4.69) is 16.0 Å². The first-order chi connectivity index (χ1) is 18.3. The van der Waals surface area contributed by atoms with Gasteiger partial charge in [-0.15, -0.1) is 0 Å². The Morgan fingerprint density at radius 2 is 1.57 bits per heavy atom. The summed E-state index contributed by atoms with van der Waals surface area (Å²) in [6.45, 7) is 11.9. The van der Waals surface area contributed by atoms with E-state index in [4.69, 9.17) is 5.73 Å². The maximum absolute atomic E-state index is 14.0. The van der Waals surface area contributed by atoms with Crippen molar-refractivity contribution in [1.82, 2.24) is 20.9 Å². The van der Waals surface area contributed by atoms with Crippen molar-refractivity contribution in [1.29, 1.82) is 0 Å². The van der Waals surface area contributed by atoms with Crippen molar-refractivity contribution >= 4 is 29.5 Å². The number of primary amides is 1. The van der Waals surface area contributed by atoms with E-state index in [-0.39, 0.29) is 23.9 Å². The number of amides is 5. The van der Waals surface area contributed by atoms with Gasteiger partial charge in [0.05, 0.1) is 0 Å². The van der Waals surface area contributed by atoms with Crippen LogP contribution >= 0.6 is 0 Å². The lowest BCUT2D eigenvalue weighted by molar-refractivity contribution is -0.145. The molecule has 40 heavy (non-hydrogen) atoms. The summed E-state index contributed by atoms with van der Waals surface area (Å²) in [5, 5.41) is 8.13. The van der Waals surface area contributed by atoms with Crippen molar-refractivity contribution in [2.75, 3.05) is 6.54 Å². The Balaban J connectivity index is 2.32. The van der Waals surface area contributed by atoms with E-state index in [0.29, 0.717) is 13.3 Å². The average molecular weight is 572 g/mol. The van der Waals surface area contributed by atoms with E-state index in [1.807, 2.05) is 20.8 Å². The number of nitrogens with two attached hydrogens (primary N) is 1. The summed E-state index contributed by atoms with van der Waals surface area (Å²) in [6.07, 6.45) is 4.13. The minimum Gasteiger partial charge on any atom is -0.363 e. The first-order valence-electron chi connectivity index (χ1n) is 14.2. The molecule has 2 rings (SSSR count). The summed E-state index contributed by atoms with van der Waals surface area (Å²) < 4.78 is 27.6. The number of Topliss-reactive ketones (excluding diaryl/α,β-unsaturated/α-hetero) is 1. The van der Waals surface area contributed by atoms with Gasteiger partial charge in [0.15, 0.2) is 0 Å². The Morgan fingerprint density at radius 1 is 1.00 bits per heavy atom. The van der Waals surface area contributed by atoms with E-state index >= 15 is 0 Å². The quantitative estimate of drug-likeness (QED) is 0.297. The molecule has 2 aliphatic rings. The largest absolute Gasteiger partial charge is 0.363 e. The van der Waals surface area contributed by atoms with Crippen LogP contribution in [0.4, 0.5) is 13.6 Å². The third kappa shape index (κ3) is 8.86. The number of carbonyl (C=O) groups is 5. The fourth-order valence-corrected chi connectivity index (χ4v) is 5.81. The molecular weight excluding hydrogens is 524 g/mol. The summed E-state index contributed by atoms with van der Waals surface area (Å²) in [6, 6.07) is -4.40. The third-order valence-corrected chi connectivity index (χ3v) is 8.05. The van der Waals surface area contributed by atoms with E-state index in [0.717, 1.165) is 32.1 Å². The monoisotopic (exact) mass is 571 g/mol. The minimum absolute atomic E-state index is 0.0675. The standard InChI is InChI=1S/C28H47F2N5O5/c1-16(2)17-11-14-35(19(17)23(38)32-18(15-28(7,29)30)20(36)22(31)37)24(39)21(26(3,4)5)33-25(40)34-27(6)12-9-8-10-13-27/h16-19,21H,8-15H2,1-7H3,(H2,31,37)(H,32,38)(H2,33,34,40)/t17?,18?,19-,21?/m0/s1. The molecule has 0 aromatic heterocycles. The lowest BCUT2D eigenvalue weighted by atomic mass is 9.83. The second kappa shape index (κ2) is 12.8. The number of ketones is 1. The lowest BCUT2D eigenvalue weighted by Gasteiger charge is -2.39. The van der Waals surface area contributed by atoms with Crippen molar-refractivity contribution in [2.24, 2.45) is 23.0 Å². The maximum atomic E-state index is 14.0. The number of urea groups is 1. The highest BCUT2D eigenvalue weighted by molar-refractivity contribution is 6.37. The first kappa shape index (κ1) is 33.4. The van der Waals surface area contributed by atoms with Gasteiger partial charge < -0.3 is 26.6 Å². The van der Waals surface area contributed by atoms with Crippen LogP contribution in [-0.2, 0) is 19.2 Å². The molecule has 5 amide bonds. The van der Waals surface area contributed by atoms with E-state index in [1.165, 1.54) is 4.90 Å². The number of rotatable bonds is 10. The zero-order chi connectivity index (χ0) is 30.6. The van der Waals surface area contributed by atoms with Crippen LogP contribution < -0.4 is 21.7 Å². The number of carbonyl (C=O) groups excluding carboxylic acids is 5. The van der Waals surface area contributed by atoms with Crippen LogP contribution in [0.2, 0.25) is 0 Å². The number of likely N-dealkylation sites (tertiary alicyclic amines) is 1. The highest BCUT2D eigenvalue weighted by Crippen LogP contribution is 2.34. The molecule has 10 nitrogen and oxygen atoms in total. The fraction of sp³-hybridized carbons (Fsp3) is 0.821. The van der Waals surface area contributed by atoms with Crippen molar-refractivity contribution < 1.29 is 32.8 Å². The smallest absolute Gasteiger partial charge is 0.315 e. The second-order valence-corrected chi connectivity index (χ2v) is 13.3. The molecule has 0 radical (unpaired) electrons. The number of hydrogen-bond acceptors (Lipinski definition) is 5. The van der Waals surface area contributed by atoms with E-state index < -0.39 is 65.4 Å². The highest BCUT2D eigenvalue weighted by atomic mass is 19.3. The van der Waals surface area contributed by atoms with Crippen LogP contribution in [0, 0.1) is 17.3 Å². The number of hydrogen-bond donors (Lipinski definition) is 4. The minimum atomic E-state index is -3.37. The molecule has 2 fully saturated rings. The number of nitrogens with one attached hydrogen (secondary N) is 3. The van der Waals surface area contributed by atoms with Crippen LogP contribution in [0.25, 0.3) is 0 Å². The molecule has 1 saturated carbocycles. The molecular formula is C28H47F2N5O5. The van der Waals surface area contributed by atoms with Gasteiger partial charge in [-0.3, -0.25) is 19.2 Å². The molecule has 3 unspecified atom stereocenters. The molecule has 0 bridgehead atoms. The Kier molecular flexibility index (Phi) is 10.7. The zero-order valence-corrected chi connectivity index (χ0v) is 24.9. The van der Waals surface area contributed by atoms with Crippen LogP contribution in [0.5, 0.6) is 0 Å². The topological polar surface area (TPSA) is 151 Å². The molecule has 1 heterocycles. The van der Waals surface area contributed by atoms with E-state index in [9.17, 15) is 32.8 Å². The van der Waals surface area contributed by atoms with Gasteiger partial charge in [0.2, 0.25) is 23.5 Å². The van der Waals surface area contributed by atoms with E-state index in [1.54, 1.807) is 20.8 Å². The van der Waals surface area contributed by atoms with Crippen molar-refractivity contribution in [3.8, 4) is 0 Å². The summed E-state index contributed by atoms with van der Waals surface area (Å²) >= 11 is 0. The van der Waals surface area contributed by atoms with Gasteiger partial charge in [0.1, 0.15) is 18.1 Å². The predicted molar refractivity (Wildman–Crippen MR) is 146 cm³/mol. The molecule has 5 N–H and O–H groups in total. The first-order valence-corrected chi connectivity index (χ1v) is 14.2. The van der Waals surface area contributed by atoms with Gasteiger partial charge in [-0.25, -0.2) is 13.6 Å². The molecule has 12 heteroatoms. The molecule has 1 aliphatic heterocycles. The Morgan fingerprint density at radius 3 is 2.05 bits per heavy atom.